The number of hydrogen-bond donors (Lipinski definition) is 2. The van der Waals surface area contributed by atoms with Gasteiger partial charge in [-0.3, -0.25) is 14.5 Å². The lowest BCUT2D eigenvalue weighted by Crippen LogP contribution is -2.49. The highest BCUT2D eigenvalue weighted by molar-refractivity contribution is 6.31. The Bertz CT molecular complexity index is 826. The van der Waals surface area contributed by atoms with Crippen molar-refractivity contribution in [3.63, 3.8) is 0 Å². The van der Waals surface area contributed by atoms with Crippen LogP contribution in [0.2, 0.25) is 5.02 Å². The summed E-state index contributed by atoms with van der Waals surface area (Å²) < 4.78 is 0. The van der Waals surface area contributed by atoms with Crippen molar-refractivity contribution in [2.24, 2.45) is 5.92 Å². The van der Waals surface area contributed by atoms with Crippen LogP contribution < -0.4 is 10.2 Å². The number of pyridine rings is 1. The van der Waals surface area contributed by atoms with Crippen molar-refractivity contribution in [1.82, 2.24) is 15.2 Å². The van der Waals surface area contributed by atoms with E-state index < -0.39 is 11.9 Å². The molecule has 29 heavy (non-hydrogen) atoms. The van der Waals surface area contributed by atoms with Crippen molar-refractivity contribution in [3.8, 4) is 0 Å². The molecule has 2 N–H and O–H groups in total. The summed E-state index contributed by atoms with van der Waals surface area (Å²) in [6, 6.07) is 13.1. The number of anilines is 1. The van der Waals surface area contributed by atoms with Crippen LogP contribution in [0.1, 0.15) is 12.0 Å². The second-order valence-electron chi connectivity index (χ2n) is 7.08. The van der Waals surface area contributed by atoms with Gasteiger partial charge in [-0.05, 0) is 23.8 Å². The van der Waals surface area contributed by atoms with Gasteiger partial charge >= 0.3 is 5.97 Å². The molecule has 1 unspecified atom stereocenters. The molecule has 0 aliphatic carbocycles. The van der Waals surface area contributed by atoms with E-state index in [9.17, 15) is 14.7 Å². The van der Waals surface area contributed by atoms with Gasteiger partial charge in [-0.1, -0.05) is 35.9 Å². The SMILES string of the molecule is O=C(CC(CN1CCN(c2ccccn2)CC1)C(=O)O)NCc1ccccc1Cl. The number of carboxylic acids is 1. The minimum absolute atomic E-state index is 0.0553. The number of carbonyl (C=O) groups is 2. The molecule has 0 saturated carbocycles. The third kappa shape index (κ3) is 6.17. The topological polar surface area (TPSA) is 85.8 Å². The van der Waals surface area contributed by atoms with Gasteiger partial charge in [0.15, 0.2) is 0 Å². The van der Waals surface area contributed by atoms with E-state index in [1.54, 1.807) is 12.3 Å². The summed E-state index contributed by atoms with van der Waals surface area (Å²) in [6.45, 7) is 3.67. The molecule has 154 valence electrons. The molecule has 1 atom stereocenters. The fourth-order valence-corrected chi connectivity index (χ4v) is 3.58. The lowest BCUT2D eigenvalue weighted by atomic mass is 10.0. The normalized spacial score (nSPS) is 15.7. The van der Waals surface area contributed by atoms with E-state index in [1.807, 2.05) is 36.4 Å². The predicted octanol–water partition coefficient (Wildman–Crippen LogP) is 2.26. The smallest absolute Gasteiger partial charge is 0.308 e. The molecule has 0 radical (unpaired) electrons. The van der Waals surface area contributed by atoms with E-state index in [0.29, 0.717) is 11.6 Å². The van der Waals surface area contributed by atoms with E-state index in [-0.39, 0.29) is 18.9 Å². The molecule has 2 heterocycles. The maximum absolute atomic E-state index is 12.3. The van der Waals surface area contributed by atoms with E-state index in [4.69, 9.17) is 11.6 Å². The fraction of sp³-hybridized carbons (Fsp3) is 0.381. The average molecular weight is 417 g/mol. The average Bonchev–Trinajstić information content (AvgIpc) is 2.74. The molecule has 1 aliphatic rings. The Labute approximate surface area is 175 Å². The highest BCUT2D eigenvalue weighted by atomic mass is 35.5. The van der Waals surface area contributed by atoms with Crippen molar-refractivity contribution >= 4 is 29.3 Å². The molecule has 0 bridgehead atoms. The Morgan fingerprint density at radius 3 is 2.48 bits per heavy atom. The van der Waals surface area contributed by atoms with Gasteiger partial charge in [0.2, 0.25) is 5.91 Å². The number of halogens is 1. The molecule has 1 amide bonds. The van der Waals surface area contributed by atoms with Gasteiger partial charge in [-0.2, -0.15) is 0 Å². The largest absolute Gasteiger partial charge is 0.481 e. The van der Waals surface area contributed by atoms with Gasteiger partial charge in [0.05, 0.1) is 5.92 Å². The number of hydrogen-bond acceptors (Lipinski definition) is 5. The zero-order valence-corrected chi connectivity index (χ0v) is 16.9. The summed E-state index contributed by atoms with van der Waals surface area (Å²) in [6.07, 6.45) is 1.71. The second kappa shape index (κ2) is 10.2. The van der Waals surface area contributed by atoms with Crippen LogP contribution in [0.3, 0.4) is 0 Å². The highest BCUT2D eigenvalue weighted by Gasteiger charge is 2.26. The second-order valence-corrected chi connectivity index (χ2v) is 7.49. The number of aromatic nitrogens is 1. The minimum atomic E-state index is -0.954. The molecule has 2 aromatic rings. The monoisotopic (exact) mass is 416 g/mol. The van der Waals surface area contributed by atoms with E-state index in [2.05, 4.69) is 20.1 Å². The maximum atomic E-state index is 12.3. The zero-order chi connectivity index (χ0) is 20.6. The minimum Gasteiger partial charge on any atom is -0.481 e. The van der Waals surface area contributed by atoms with Crippen molar-refractivity contribution < 1.29 is 14.7 Å². The standard InChI is InChI=1S/C21H25ClN4O3/c22-18-6-2-1-5-16(18)14-24-20(27)13-17(21(28)29)15-25-9-11-26(12-10-25)19-7-3-4-8-23-19/h1-8,17H,9-15H2,(H,24,27)(H,28,29). The van der Waals surface area contributed by atoms with Crippen molar-refractivity contribution in [1.29, 1.82) is 0 Å². The first-order valence-corrected chi connectivity index (χ1v) is 10.0. The van der Waals surface area contributed by atoms with Crippen molar-refractivity contribution in [3.05, 3.63) is 59.2 Å². The number of nitrogens with zero attached hydrogens (tertiary/aromatic N) is 3. The van der Waals surface area contributed by atoms with E-state index in [0.717, 1.165) is 37.6 Å². The molecule has 1 fully saturated rings. The van der Waals surface area contributed by atoms with Crippen LogP contribution in [-0.2, 0) is 16.1 Å². The lowest BCUT2D eigenvalue weighted by Gasteiger charge is -2.36. The summed E-state index contributed by atoms with van der Waals surface area (Å²) in [4.78, 5) is 32.6. The molecule has 8 heteroatoms. The van der Waals surface area contributed by atoms with Gasteiger partial charge in [0.1, 0.15) is 5.82 Å². The quantitative estimate of drug-likeness (QED) is 0.686. The van der Waals surface area contributed by atoms with Crippen LogP contribution in [0.15, 0.2) is 48.7 Å². The summed E-state index contributed by atoms with van der Waals surface area (Å²) in [5.74, 6) is -1.06. The number of nitrogens with one attached hydrogen (secondary N) is 1. The molecule has 1 aromatic carbocycles. The third-order valence-electron chi connectivity index (χ3n) is 5.04. The van der Waals surface area contributed by atoms with E-state index >= 15 is 0 Å². The number of piperazine rings is 1. The number of amides is 1. The first kappa shape index (κ1) is 21.1. The van der Waals surface area contributed by atoms with Crippen LogP contribution in [0.4, 0.5) is 5.82 Å². The Kier molecular flexibility index (Phi) is 7.43. The fourth-order valence-electron chi connectivity index (χ4n) is 3.37. The molecular formula is C21H25ClN4O3. The number of benzene rings is 1. The number of carbonyl (C=O) groups excluding carboxylic acids is 1. The number of aliphatic carboxylic acids is 1. The van der Waals surface area contributed by atoms with Gasteiger partial charge in [-0.15, -0.1) is 0 Å². The molecule has 1 aliphatic heterocycles. The molecular weight excluding hydrogens is 392 g/mol. The molecule has 1 aromatic heterocycles. The lowest BCUT2D eigenvalue weighted by molar-refractivity contribution is -0.144. The van der Waals surface area contributed by atoms with Crippen LogP contribution in [-0.4, -0.2) is 59.6 Å². The molecule has 1 saturated heterocycles. The molecule has 3 rings (SSSR count). The summed E-state index contributed by atoms with van der Waals surface area (Å²) in [5, 5.41) is 12.9. The van der Waals surface area contributed by atoms with Crippen LogP contribution in [0.25, 0.3) is 0 Å². The third-order valence-corrected chi connectivity index (χ3v) is 5.41. The molecule has 7 nitrogen and oxygen atoms in total. The Hall–Kier alpha value is -2.64. The zero-order valence-electron chi connectivity index (χ0n) is 16.1. The first-order valence-electron chi connectivity index (χ1n) is 9.64. The van der Waals surface area contributed by atoms with Crippen LogP contribution in [0.5, 0.6) is 0 Å². The predicted molar refractivity (Wildman–Crippen MR) is 112 cm³/mol. The van der Waals surface area contributed by atoms with Crippen molar-refractivity contribution in [2.45, 2.75) is 13.0 Å². The van der Waals surface area contributed by atoms with Gasteiger partial charge in [0, 0.05) is 56.9 Å². The van der Waals surface area contributed by atoms with Crippen LogP contribution >= 0.6 is 11.6 Å². The highest BCUT2D eigenvalue weighted by Crippen LogP contribution is 2.16. The summed E-state index contributed by atoms with van der Waals surface area (Å²) >= 11 is 6.09. The first-order chi connectivity index (χ1) is 14.0. The molecule has 0 spiro atoms. The summed E-state index contributed by atoms with van der Waals surface area (Å²) in [5.41, 5.74) is 0.806. The Balaban J connectivity index is 1.47. The van der Waals surface area contributed by atoms with E-state index in [1.165, 1.54) is 0 Å². The van der Waals surface area contributed by atoms with Gasteiger partial charge in [0.25, 0.3) is 0 Å². The Morgan fingerprint density at radius 1 is 1.10 bits per heavy atom. The summed E-state index contributed by atoms with van der Waals surface area (Å²) in [7, 11) is 0. The van der Waals surface area contributed by atoms with Crippen LogP contribution in [0, 0.1) is 5.92 Å². The Morgan fingerprint density at radius 2 is 1.83 bits per heavy atom. The van der Waals surface area contributed by atoms with Crippen molar-refractivity contribution in [2.75, 3.05) is 37.6 Å². The maximum Gasteiger partial charge on any atom is 0.308 e. The number of carboxylic acid groups (broad SMARTS) is 1. The van der Waals surface area contributed by atoms with Gasteiger partial charge < -0.3 is 15.3 Å². The number of rotatable bonds is 8. The van der Waals surface area contributed by atoms with Gasteiger partial charge in [-0.25, -0.2) is 4.98 Å².